The molecule has 0 spiro atoms. The van der Waals surface area contributed by atoms with Crippen LogP contribution >= 0.6 is 0 Å². The largest absolute Gasteiger partial charge is 0.465 e. The van der Waals surface area contributed by atoms with Gasteiger partial charge in [0.25, 0.3) is 0 Å². The second-order valence-electron chi connectivity index (χ2n) is 8.16. The molecule has 2 aromatic heterocycles. The Morgan fingerprint density at radius 1 is 1.32 bits per heavy atom. The molecule has 9 nitrogen and oxygen atoms in total. The number of rotatable bonds is 5. The minimum atomic E-state index is -3.04. The maximum atomic E-state index is 13.1. The Bertz CT molecular complexity index is 1300. The van der Waals surface area contributed by atoms with Crippen LogP contribution in [-0.2, 0) is 6.42 Å². The van der Waals surface area contributed by atoms with Crippen LogP contribution in [0.25, 0.3) is 17.1 Å². The standard InChI is InChI=1S/C23H20F2N4O5/c24-22(25)34-17-4-3-14-19(30)18(11-16-13-2-1-7-26-21(13)28-27-16)33-20(14)15(17)10-12-5-8-29(9-6-12)23(31)32/h1-4,7,11-12,22H,5-6,8-10H2,(H,31,32)(H,26,27,28). The number of carbonyl (C=O) groups is 2. The topological polar surface area (TPSA) is 118 Å². The molecular formula is C23H20F2N4O5. The monoisotopic (exact) mass is 470 g/mol. The molecule has 1 saturated heterocycles. The fourth-order valence-electron chi connectivity index (χ4n) is 4.41. The number of H-pyrrole nitrogens is 1. The van der Waals surface area contributed by atoms with Crippen LogP contribution < -0.4 is 9.47 Å². The summed E-state index contributed by atoms with van der Waals surface area (Å²) in [4.78, 5) is 29.7. The molecule has 3 aromatic rings. The van der Waals surface area contributed by atoms with E-state index in [0.29, 0.717) is 54.6 Å². The number of allylic oxidation sites excluding steroid dienone is 1. The molecule has 4 heterocycles. The first kappa shape index (κ1) is 21.8. The maximum absolute atomic E-state index is 13.1. The second kappa shape index (κ2) is 8.73. The lowest BCUT2D eigenvalue weighted by Crippen LogP contribution is -2.37. The summed E-state index contributed by atoms with van der Waals surface area (Å²) in [5.74, 6) is -0.217. The lowest BCUT2D eigenvalue weighted by molar-refractivity contribution is -0.0506. The maximum Gasteiger partial charge on any atom is 0.407 e. The molecule has 2 N–H and O–H groups in total. The Labute approximate surface area is 192 Å². The van der Waals surface area contributed by atoms with E-state index in [2.05, 4.69) is 15.2 Å². The number of aromatic nitrogens is 3. The highest BCUT2D eigenvalue weighted by Crippen LogP contribution is 2.42. The molecule has 176 valence electrons. The number of nitrogens with zero attached hydrogens (tertiary/aromatic N) is 3. The molecule has 0 atom stereocenters. The number of pyridine rings is 1. The van der Waals surface area contributed by atoms with Crippen molar-refractivity contribution >= 4 is 29.0 Å². The van der Waals surface area contributed by atoms with E-state index in [1.807, 2.05) is 0 Å². The van der Waals surface area contributed by atoms with Gasteiger partial charge in [-0.2, -0.15) is 13.9 Å². The van der Waals surface area contributed by atoms with Gasteiger partial charge in [0, 0.05) is 36.3 Å². The number of ether oxygens (including phenoxy) is 2. The average molecular weight is 470 g/mol. The van der Waals surface area contributed by atoms with Crippen LogP contribution in [0.5, 0.6) is 11.5 Å². The molecule has 0 radical (unpaired) electrons. The zero-order chi connectivity index (χ0) is 23.8. The van der Waals surface area contributed by atoms with Crippen molar-refractivity contribution in [1.82, 2.24) is 20.1 Å². The zero-order valence-corrected chi connectivity index (χ0v) is 17.8. The molecule has 2 aliphatic rings. The zero-order valence-electron chi connectivity index (χ0n) is 17.8. The molecule has 0 bridgehead atoms. The van der Waals surface area contributed by atoms with Gasteiger partial charge in [0.1, 0.15) is 11.5 Å². The summed E-state index contributed by atoms with van der Waals surface area (Å²) in [6, 6.07) is 6.31. The number of hydrogen-bond acceptors (Lipinski definition) is 6. The average Bonchev–Trinajstić information content (AvgIpc) is 3.37. The normalized spacial score (nSPS) is 17.4. The second-order valence-corrected chi connectivity index (χ2v) is 8.16. The van der Waals surface area contributed by atoms with Gasteiger partial charge in [-0.05, 0) is 49.4 Å². The number of aromatic amines is 1. The predicted molar refractivity (Wildman–Crippen MR) is 116 cm³/mol. The van der Waals surface area contributed by atoms with Crippen LogP contribution in [0, 0.1) is 5.92 Å². The van der Waals surface area contributed by atoms with Crippen molar-refractivity contribution in [2.45, 2.75) is 25.9 Å². The molecule has 0 aliphatic carbocycles. The third kappa shape index (κ3) is 4.04. The predicted octanol–water partition coefficient (Wildman–Crippen LogP) is 4.11. The minimum absolute atomic E-state index is 0.0170. The summed E-state index contributed by atoms with van der Waals surface area (Å²) in [6.45, 7) is -2.34. The summed E-state index contributed by atoms with van der Waals surface area (Å²) in [5, 5.41) is 16.8. The summed E-state index contributed by atoms with van der Waals surface area (Å²) in [5.41, 5.74) is 1.64. The SMILES string of the molecule is O=C1C(=Cc2n[nH]c3ncccc23)Oc2c1ccc(OC(F)F)c2CC1CCN(C(=O)O)CC1. The molecule has 1 aromatic carbocycles. The van der Waals surface area contributed by atoms with Crippen molar-refractivity contribution in [2.24, 2.45) is 5.92 Å². The Morgan fingerprint density at radius 3 is 2.85 bits per heavy atom. The molecule has 0 saturated carbocycles. The third-order valence-electron chi connectivity index (χ3n) is 6.13. The Hall–Kier alpha value is -4.02. The number of carbonyl (C=O) groups excluding carboxylic acids is 1. The van der Waals surface area contributed by atoms with E-state index in [1.165, 1.54) is 23.1 Å². The number of likely N-dealkylation sites (tertiary alicyclic amines) is 1. The Kier molecular flexibility index (Phi) is 5.60. The molecule has 2 aliphatic heterocycles. The van der Waals surface area contributed by atoms with Gasteiger partial charge in [0.15, 0.2) is 11.4 Å². The van der Waals surface area contributed by atoms with E-state index in [-0.39, 0.29) is 34.5 Å². The van der Waals surface area contributed by atoms with Crippen molar-refractivity contribution < 1.29 is 33.0 Å². The van der Waals surface area contributed by atoms with Crippen molar-refractivity contribution in [3.05, 3.63) is 53.0 Å². The van der Waals surface area contributed by atoms with Crippen LogP contribution in [0.3, 0.4) is 0 Å². The minimum Gasteiger partial charge on any atom is -0.465 e. The highest BCUT2D eigenvalue weighted by molar-refractivity contribution is 6.15. The van der Waals surface area contributed by atoms with Gasteiger partial charge >= 0.3 is 12.7 Å². The summed E-state index contributed by atoms with van der Waals surface area (Å²) >= 11 is 0. The van der Waals surface area contributed by atoms with Crippen molar-refractivity contribution in [3.8, 4) is 11.5 Å². The molecule has 11 heteroatoms. The number of Topliss-reactive ketones (excluding diaryl/α,β-unsaturated/α-hetero) is 1. The molecule has 34 heavy (non-hydrogen) atoms. The molecule has 1 fully saturated rings. The number of halogens is 2. The van der Waals surface area contributed by atoms with Crippen molar-refractivity contribution in [2.75, 3.05) is 13.1 Å². The molecular weight excluding hydrogens is 450 g/mol. The smallest absolute Gasteiger partial charge is 0.407 e. The number of ketones is 1. The van der Waals surface area contributed by atoms with Crippen LogP contribution in [0.2, 0.25) is 0 Å². The van der Waals surface area contributed by atoms with Gasteiger partial charge in [-0.15, -0.1) is 0 Å². The first-order valence-electron chi connectivity index (χ1n) is 10.7. The van der Waals surface area contributed by atoms with E-state index >= 15 is 0 Å². The van der Waals surface area contributed by atoms with Gasteiger partial charge < -0.3 is 19.5 Å². The fraction of sp³-hybridized carbons (Fsp3) is 0.304. The first-order valence-corrected chi connectivity index (χ1v) is 10.7. The number of amides is 1. The number of alkyl halides is 2. The van der Waals surface area contributed by atoms with E-state index < -0.39 is 12.7 Å². The van der Waals surface area contributed by atoms with Crippen molar-refractivity contribution in [3.63, 3.8) is 0 Å². The number of nitrogens with one attached hydrogen (secondary N) is 1. The van der Waals surface area contributed by atoms with E-state index in [1.54, 1.807) is 18.3 Å². The first-order chi connectivity index (χ1) is 16.4. The van der Waals surface area contributed by atoms with Crippen LogP contribution in [0.15, 0.2) is 36.2 Å². The third-order valence-corrected chi connectivity index (χ3v) is 6.13. The number of carboxylic acid groups (broad SMARTS) is 1. The Balaban J connectivity index is 1.47. The molecule has 1 amide bonds. The van der Waals surface area contributed by atoms with Gasteiger partial charge in [-0.1, -0.05) is 0 Å². The number of hydrogen-bond donors (Lipinski definition) is 2. The van der Waals surface area contributed by atoms with Crippen LogP contribution in [0.1, 0.15) is 34.5 Å². The summed E-state index contributed by atoms with van der Waals surface area (Å²) < 4.78 is 36.8. The Morgan fingerprint density at radius 2 is 2.12 bits per heavy atom. The highest BCUT2D eigenvalue weighted by Gasteiger charge is 2.34. The van der Waals surface area contributed by atoms with Gasteiger partial charge in [0.2, 0.25) is 5.78 Å². The van der Waals surface area contributed by atoms with Crippen LogP contribution in [-0.4, -0.2) is 56.8 Å². The van der Waals surface area contributed by atoms with Gasteiger partial charge in [0.05, 0.1) is 11.3 Å². The van der Waals surface area contributed by atoms with E-state index in [4.69, 9.17) is 14.6 Å². The summed E-state index contributed by atoms with van der Waals surface area (Å²) in [7, 11) is 0. The van der Waals surface area contributed by atoms with E-state index in [9.17, 15) is 18.4 Å². The fourth-order valence-corrected chi connectivity index (χ4v) is 4.41. The number of fused-ring (bicyclic) bond motifs is 2. The van der Waals surface area contributed by atoms with E-state index in [0.717, 1.165) is 0 Å². The van der Waals surface area contributed by atoms with Crippen molar-refractivity contribution in [1.29, 1.82) is 0 Å². The quantitative estimate of drug-likeness (QED) is 0.539. The number of benzene rings is 1. The highest BCUT2D eigenvalue weighted by atomic mass is 19.3. The number of piperidine rings is 1. The van der Waals surface area contributed by atoms with Gasteiger partial charge in [-0.25, -0.2) is 9.78 Å². The lowest BCUT2D eigenvalue weighted by atomic mass is 9.88. The lowest BCUT2D eigenvalue weighted by Gasteiger charge is -2.30. The van der Waals surface area contributed by atoms with Crippen LogP contribution in [0.4, 0.5) is 13.6 Å². The van der Waals surface area contributed by atoms with Gasteiger partial charge in [-0.3, -0.25) is 9.89 Å². The molecule has 5 rings (SSSR count). The molecule has 0 unspecified atom stereocenters. The summed E-state index contributed by atoms with van der Waals surface area (Å²) in [6.07, 6.45) is 3.56.